The fraction of sp³-hybridized carbons (Fsp3) is 0.333. The lowest BCUT2D eigenvalue weighted by atomic mass is 10.1. The fourth-order valence-electron chi connectivity index (χ4n) is 4.49. The molecule has 0 radical (unpaired) electrons. The number of imidazole rings is 1. The molecule has 0 atom stereocenters. The maximum Gasteiger partial charge on any atom is 0.255 e. The molecule has 6 heteroatoms. The van der Waals surface area contributed by atoms with Crippen LogP contribution < -0.4 is 14.8 Å². The van der Waals surface area contributed by atoms with Crippen LogP contribution in [0.3, 0.4) is 0 Å². The number of hydrogen-bond acceptors (Lipinski definition) is 4. The molecule has 1 amide bonds. The van der Waals surface area contributed by atoms with E-state index in [4.69, 9.17) is 14.5 Å². The maximum absolute atomic E-state index is 12.4. The van der Waals surface area contributed by atoms with Gasteiger partial charge in [0.1, 0.15) is 23.9 Å². The van der Waals surface area contributed by atoms with Gasteiger partial charge < -0.3 is 19.4 Å². The molecule has 0 aliphatic carbocycles. The second-order valence-electron chi connectivity index (χ2n) is 9.05. The van der Waals surface area contributed by atoms with Crippen LogP contribution in [0, 0.1) is 13.8 Å². The topological polar surface area (TPSA) is 65.4 Å². The first-order valence-corrected chi connectivity index (χ1v) is 12.6. The zero-order valence-electron chi connectivity index (χ0n) is 21.4. The lowest BCUT2D eigenvalue weighted by molar-refractivity contribution is 0.0950. The number of carbonyl (C=O) groups excluding carboxylic acids is 1. The van der Waals surface area contributed by atoms with Gasteiger partial charge in [-0.15, -0.1) is 0 Å². The number of aryl methyl sites for hydroxylation is 3. The van der Waals surface area contributed by atoms with E-state index in [1.54, 1.807) is 19.2 Å². The van der Waals surface area contributed by atoms with Crippen LogP contribution in [0.2, 0.25) is 0 Å². The molecule has 6 nitrogen and oxygen atoms in total. The molecule has 0 bridgehead atoms. The highest BCUT2D eigenvalue weighted by atomic mass is 16.5. The average molecular weight is 486 g/mol. The summed E-state index contributed by atoms with van der Waals surface area (Å²) < 4.78 is 13.7. The van der Waals surface area contributed by atoms with Crippen LogP contribution in [0.1, 0.15) is 46.6 Å². The summed E-state index contributed by atoms with van der Waals surface area (Å²) in [5, 5.41) is 3.00. The van der Waals surface area contributed by atoms with Crippen LogP contribution in [0.5, 0.6) is 11.5 Å². The summed E-state index contributed by atoms with van der Waals surface area (Å²) in [5.74, 6) is 2.51. The van der Waals surface area contributed by atoms with Crippen molar-refractivity contribution in [2.75, 3.05) is 20.3 Å². The molecule has 0 saturated carbocycles. The van der Waals surface area contributed by atoms with Gasteiger partial charge in [0.05, 0.1) is 30.3 Å². The van der Waals surface area contributed by atoms with Gasteiger partial charge in [-0.2, -0.15) is 0 Å². The van der Waals surface area contributed by atoms with Gasteiger partial charge in [-0.1, -0.05) is 48.4 Å². The number of unbranched alkanes of at least 4 members (excludes halogenated alkanes) is 2. The van der Waals surface area contributed by atoms with E-state index < -0.39 is 0 Å². The van der Waals surface area contributed by atoms with Crippen molar-refractivity contribution in [3.8, 4) is 11.5 Å². The highest BCUT2D eigenvalue weighted by Gasteiger charge is 2.12. The number of nitrogens with one attached hydrogen (secondary N) is 1. The second-order valence-corrected chi connectivity index (χ2v) is 9.05. The molecule has 0 spiro atoms. The summed E-state index contributed by atoms with van der Waals surface area (Å²) in [5.41, 5.74) is 5.12. The largest absolute Gasteiger partial charge is 0.496 e. The first-order valence-electron chi connectivity index (χ1n) is 12.6. The van der Waals surface area contributed by atoms with Crippen molar-refractivity contribution in [2.45, 2.75) is 46.1 Å². The SMILES string of the molecule is COc1ccccc1C(=O)NCCCCCc1nc2ccccc2n1CCOc1ccc(C)cc1C. The Balaban J connectivity index is 1.28. The van der Waals surface area contributed by atoms with Crippen LogP contribution >= 0.6 is 0 Å². The lowest BCUT2D eigenvalue weighted by Crippen LogP contribution is -2.24. The quantitative estimate of drug-likeness (QED) is 0.254. The van der Waals surface area contributed by atoms with Crippen molar-refractivity contribution < 1.29 is 14.3 Å². The van der Waals surface area contributed by atoms with E-state index in [1.807, 2.05) is 24.3 Å². The van der Waals surface area contributed by atoms with Gasteiger partial charge in [0, 0.05) is 13.0 Å². The van der Waals surface area contributed by atoms with Crippen molar-refractivity contribution in [3.05, 3.63) is 89.2 Å². The number of fused-ring (bicyclic) bond motifs is 1. The number of nitrogens with zero attached hydrogens (tertiary/aromatic N) is 2. The number of aromatic nitrogens is 2. The predicted octanol–water partition coefficient (Wildman–Crippen LogP) is 5.88. The third-order valence-electron chi connectivity index (χ3n) is 6.35. The summed E-state index contributed by atoms with van der Waals surface area (Å²) >= 11 is 0. The molecule has 36 heavy (non-hydrogen) atoms. The summed E-state index contributed by atoms with van der Waals surface area (Å²) in [7, 11) is 1.58. The predicted molar refractivity (Wildman–Crippen MR) is 144 cm³/mol. The first-order chi connectivity index (χ1) is 17.6. The minimum atomic E-state index is -0.0990. The number of amides is 1. The molecule has 4 aromatic rings. The summed E-state index contributed by atoms with van der Waals surface area (Å²) in [6, 6.07) is 21.8. The van der Waals surface area contributed by atoms with E-state index in [-0.39, 0.29) is 5.91 Å². The highest BCUT2D eigenvalue weighted by molar-refractivity contribution is 5.96. The Morgan fingerprint density at radius 1 is 0.944 bits per heavy atom. The van der Waals surface area contributed by atoms with E-state index in [9.17, 15) is 4.79 Å². The third-order valence-corrected chi connectivity index (χ3v) is 6.35. The van der Waals surface area contributed by atoms with Crippen LogP contribution in [-0.2, 0) is 13.0 Å². The van der Waals surface area contributed by atoms with E-state index in [1.165, 1.54) is 5.56 Å². The molecule has 1 aromatic heterocycles. The average Bonchev–Trinajstić information content (AvgIpc) is 3.24. The van der Waals surface area contributed by atoms with Crippen LogP contribution in [-0.4, -0.2) is 35.7 Å². The van der Waals surface area contributed by atoms with E-state index >= 15 is 0 Å². The fourth-order valence-corrected chi connectivity index (χ4v) is 4.49. The maximum atomic E-state index is 12.4. The number of methoxy groups -OCH3 is 1. The van der Waals surface area contributed by atoms with Crippen LogP contribution in [0.15, 0.2) is 66.7 Å². The molecule has 188 valence electrons. The number of hydrogen-bond donors (Lipinski definition) is 1. The van der Waals surface area contributed by atoms with E-state index in [0.29, 0.717) is 24.5 Å². The lowest BCUT2D eigenvalue weighted by Gasteiger charge is -2.13. The summed E-state index contributed by atoms with van der Waals surface area (Å²) in [6.07, 6.45) is 3.82. The van der Waals surface area contributed by atoms with Crippen LogP contribution in [0.4, 0.5) is 0 Å². The van der Waals surface area contributed by atoms with Crippen molar-refractivity contribution in [1.82, 2.24) is 14.9 Å². The van der Waals surface area contributed by atoms with E-state index in [2.05, 4.69) is 54.1 Å². The Kier molecular flexibility index (Phi) is 8.61. The van der Waals surface area contributed by atoms with Gasteiger partial charge in [-0.05, 0) is 62.6 Å². The highest BCUT2D eigenvalue weighted by Crippen LogP contribution is 2.21. The van der Waals surface area contributed by atoms with Gasteiger partial charge in [0.25, 0.3) is 5.91 Å². The molecule has 0 saturated heterocycles. The minimum absolute atomic E-state index is 0.0990. The third kappa shape index (κ3) is 6.25. The molecule has 0 unspecified atom stereocenters. The number of rotatable bonds is 12. The Hall–Kier alpha value is -3.80. The van der Waals surface area contributed by atoms with Gasteiger partial charge in [-0.25, -0.2) is 4.98 Å². The Bertz CT molecular complexity index is 1310. The zero-order valence-corrected chi connectivity index (χ0v) is 21.4. The Morgan fingerprint density at radius 3 is 2.58 bits per heavy atom. The number of benzene rings is 3. The molecular weight excluding hydrogens is 450 g/mol. The second kappa shape index (κ2) is 12.2. The van der Waals surface area contributed by atoms with Gasteiger partial charge in [0.15, 0.2) is 0 Å². The Morgan fingerprint density at radius 2 is 1.75 bits per heavy atom. The molecule has 0 aliphatic heterocycles. The molecule has 1 heterocycles. The zero-order chi connectivity index (χ0) is 25.3. The number of para-hydroxylation sites is 3. The summed E-state index contributed by atoms with van der Waals surface area (Å²) in [4.78, 5) is 17.3. The molecule has 0 aliphatic rings. The van der Waals surface area contributed by atoms with Gasteiger partial charge in [-0.3, -0.25) is 4.79 Å². The van der Waals surface area contributed by atoms with E-state index in [0.717, 1.165) is 60.4 Å². The first kappa shape index (κ1) is 25.3. The molecule has 0 fully saturated rings. The normalized spacial score (nSPS) is 11.0. The number of ether oxygens (including phenoxy) is 2. The van der Waals surface area contributed by atoms with Crippen LogP contribution in [0.25, 0.3) is 11.0 Å². The monoisotopic (exact) mass is 485 g/mol. The summed E-state index contributed by atoms with van der Waals surface area (Å²) in [6.45, 7) is 6.15. The van der Waals surface area contributed by atoms with Crippen molar-refractivity contribution in [1.29, 1.82) is 0 Å². The minimum Gasteiger partial charge on any atom is -0.496 e. The van der Waals surface area contributed by atoms with Crippen molar-refractivity contribution >= 4 is 16.9 Å². The molecule has 1 N–H and O–H groups in total. The Labute approximate surface area is 213 Å². The van der Waals surface area contributed by atoms with Gasteiger partial charge >= 0.3 is 0 Å². The van der Waals surface area contributed by atoms with Gasteiger partial charge in [0.2, 0.25) is 0 Å². The van der Waals surface area contributed by atoms with Crippen molar-refractivity contribution in [2.24, 2.45) is 0 Å². The standard InChI is InChI=1S/C30H35N3O3/c1-22-16-17-27(23(2)21-22)36-20-19-33-26-13-8-7-12-25(26)32-29(33)15-5-4-10-18-31-30(34)24-11-6-9-14-28(24)35-3/h6-9,11-14,16-17,21H,4-5,10,15,18-20H2,1-3H3,(H,31,34). The van der Waals surface area contributed by atoms with Crippen molar-refractivity contribution in [3.63, 3.8) is 0 Å². The number of carbonyl (C=O) groups is 1. The molecule has 4 rings (SSSR count). The molecule has 3 aromatic carbocycles. The molecular formula is C30H35N3O3. The smallest absolute Gasteiger partial charge is 0.255 e.